The van der Waals surface area contributed by atoms with Crippen LogP contribution in [-0.2, 0) is 19.5 Å². The first kappa shape index (κ1) is 15.3. The maximum Gasteiger partial charge on any atom is 2.00 e. The van der Waals surface area contributed by atoms with Crippen molar-refractivity contribution in [3.05, 3.63) is 35.9 Å². The van der Waals surface area contributed by atoms with E-state index in [0.29, 0.717) is 6.04 Å². The van der Waals surface area contributed by atoms with Gasteiger partial charge in [-0.3, -0.25) is 0 Å². The van der Waals surface area contributed by atoms with Crippen molar-refractivity contribution in [3.8, 4) is 0 Å². The van der Waals surface area contributed by atoms with E-state index < -0.39 is 0 Å². The average Bonchev–Trinajstić information content (AvgIpc) is 2.61. The first-order valence-electron chi connectivity index (χ1n) is 4.83. The van der Waals surface area contributed by atoms with Crippen molar-refractivity contribution in [2.45, 2.75) is 19.4 Å². The molecule has 5 heteroatoms. The number of hydrogen-bond acceptors (Lipinski definition) is 1. The molecule has 0 aliphatic carbocycles. The van der Waals surface area contributed by atoms with Gasteiger partial charge < -0.3 is 22.8 Å². The number of nitrogens with zero attached hydrogens (tertiary/aromatic N) is 3. The van der Waals surface area contributed by atoms with E-state index in [-0.39, 0.29) is 31.9 Å². The molecule has 1 aromatic carbocycles. The van der Waals surface area contributed by atoms with Crippen LogP contribution in [0, 0.1) is 0 Å². The molecule has 1 saturated heterocycles. The van der Waals surface area contributed by atoms with Crippen LogP contribution in [-0.4, -0.2) is 23.1 Å². The number of rotatable bonds is 1. The van der Waals surface area contributed by atoms with Gasteiger partial charge in [0.15, 0.2) is 0 Å². The van der Waals surface area contributed by atoms with E-state index in [1.807, 2.05) is 18.2 Å². The van der Waals surface area contributed by atoms with Crippen LogP contribution < -0.4 is 17.3 Å². The molecule has 0 N–H and O–H groups in total. The van der Waals surface area contributed by atoms with E-state index in [1.54, 1.807) is 0 Å². The van der Waals surface area contributed by atoms with Gasteiger partial charge in [0.1, 0.15) is 6.54 Å². The van der Waals surface area contributed by atoms with Gasteiger partial charge in [0, 0.05) is 11.7 Å². The van der Waals surface area contributed by atoms with Crippen molar-refractivity contribution in [2.75, 3.05) is 11.4 Å². The minimum absolute atomic E-state index is 0. The Hall–Kier alpha value is -0.687. The van der Waals surface area contributed by atoms with Crippen LogP contribution in [0.5, 0.6) is 0 Å². The van der Waals surface area contributed by atoms with E-state index in [9.17, 15) is 0 Å². The van der Waals surface area contributed by atoms with Crippen LogP contribution in [0.25, 0.3) is 5.53 Å². The maximum absolute atomic E-state index is 8.71. The number of halogens is 1. The summed E-state index contributed by atoms with van der Waals surface area (Å²) in [6.07, 6.45) is 0.853. The Morgan fingerprint density at radius 1 is 1.31 bits per heavy atom. The Kier molecular flexibility index (Phi) is 6.51. The number of benzene rings is 1. The molecular formula is C11H13ClN3Zn+. The molecule has 1 aromatic rings. The molecule has 0 radical (unpaired) electrons. The molecule has 1 heterocycles. The molecule has 16 heavy (non-hydrogen) atoms. The quantitative estimate of drug-likeness (QED) is 0.369. The minimum Gasteiger partial charge on any atom is -1.00 e. The summed E-state index contributed by atoms with van der Waals surface area (Å²) in [5.41, 5.74) is 10.8. The van der Waals surface area contributed by atoms with E-state index in [2.05, 4.69) is 28.7 Å². The van der Waals surface area contributed by atoms with Crippen molar-refractivity contribution in [1.29, 1.82) is 0 Å². The summed E-state index contributed by atoms with van der Waals surface area (Å²) in [6, 6.07) is 10.6. The Bertz CT molecular complexity index is 376. The standard InChI is InChI=1S/C11H13N3.ClH.Zn/c1-9-7-10(13-12)8-14(9)11-5-3-2-4-6-11;;/h2-6,9H,7-8H2,1H3;1H;/q;;+2/p-1. The Morgan fingerprint density at radius 3 is 2.44 bits per heavy atom. The second-order valence-corrected chi connectivity index (χ2v) is 3.68. The third-order valence-electron chi connectivity index (χ3n) is 2.65. The molecule has 0 amide bonds. The molecule has 1 fully saturated rings. The first-order valence-corrected chi connectivity index (χ1v) is 4.83. The minimum atomic E-state index is 0. The summed E-state index contributed by atoms with van der Waals surface area (Å²) in [4.78, 5) is 5.53. The van der Waals surface area contributed by atoms with Crippen molar-refractivity contribution >= 4 is 11.4 Å². The summed E-state index contributed by atoms with van der Waals surface area (Å²) in [6.45, 7) is 2.88. The predicted octanol–water partition coefficient (Wildman–Crippen LogP) is -1.04. The smallest absolute Gasteiger partial charge is 1.00 e. The summed E-state index contributed by atoms with van der Waals surface area (Å²) >= 11 is 0. The van der Waals surface area contributed by atoms with Gasteiger partial charge >= 0.3 is 19.5 Å². The maximum atomic E-state index is 8.71. The molecule has 1 atom stereocenters. The van der Waals surface area contributed by atoms with Crippen molar-refractivity contribution < 1.29 is 36.7 Å². The van der Waals surface area contributed by atoms with Crippen LogP contribution in [0.3, 0.4) is 0 Å². The summed E-state index contributed by atoms with van der Waals surface area (Å²) in [5.74, 6) is 0. The summed E-state index contributed by atoms with van der Waals surface area (Å²) in [5, 5.41) is 0. The molecule has 0 aromatic heterocycles. The van der Waals surface area contributed by atoms with Crippen LogP contribution in [0.4, 0.5) is 5.69 Å². The number of para-hydroxylation sites is 1. The fourth-order valence-corrected chi connectivity index (χ4v) is 1.91. The van der Waals surface area contributed by atoms with Gasteiger partial charge in [-0.25, -0.2) is 0 Å². The topological polar surface area (TPSA) is 39.6 Å². The fraction of sp³-hybridized carbons (Fsp3) is 0.364. The average molecular weight is 288 g/mol. The SMILES string of the molecule is CC1CC(=[N+]=[N-])CN1c1ccccc1.[Cl-].[Zn+2]. The Labute approximate surface area is 115 Å². The molecule has 3 nitrogen and oxygen atoms in total. The monoisotopic (exact) mass is 286 g/mol. The van der Waals surface area contributed by atoms with Crippen molar-refractivity contribution in [1.82, 2.24) is 0 Å². The van der Waals surface area contributed by atoms with E-state index in [1.165, 1.54) is 5.69 Å². The van der Waals surface area contributed by atoms with Gasteiger partial charge in [-0.15, -0.1) is 0 Å². The molecule has 0 spiro atoms. The summed E-state index contributed by atoms with van der Waals surface area (Å²) < 4.78 is 0. The van der Waals surface area contributed by atoms with E-state index >= 15 is 0 Å². The largest absolute Gasteiger partial charge is 2.00 e. The van der Waals surface area contributed by atoms with Crippen LogP contribution in [0.15, 0.2) is 30.3 Å². The molecule has 1 unspecified atom stereocenters. The Balaban J connectivity index is 0.00000112. The second kappa shape index (κ2) is 6.80. The van der Waals surface area contributed by atoms with Gasteiger partial charge in [0.25, 0.3) is 5.71 Å². The van der Waals surface area contributed by atoms with Gasteiger partial charge in [-0.1, -0.05) is 18.2 Å². The van der Waals surface area contributed by atoms with Crippen LogP contribution >= 0.6 is 0 Å². The zero-order chi connectivity index (χ0) is 9.97. The number of anilines is 1. The zero-order valence-electron chi connectivity index (χ0n) is 9.31. The molecule has 1 aliphatic rings. The molecule has 2 rings (SSSR count). The zero-order valence-corrected chi connectivity index (χ0v) is 13.0. The van der Waals surface area contributed by atoms with Crippen molar-refractivity contribution in [3.63, 3.8) is 0 Å². The van der Waals surface area contributed by atoms with Gasteiger partial charge in [0.2, 0.25) is 0 Å². The molecule has 0 bridgehead atoms. The predicted molar refractivity (Wildman–Crippen MR) is 56.5 cm³/mol. The second-order valence-electron chi connectivity index (χ2n) is 3.68. The molecular weight excluding hydrogens is 275 g/mol. The van der Waals surface area contributed by atoms with E-state index in [0.717, 1.165) is 18.7 Å². The van der Waals surface area contributed by atoms with Gasteiger partial charge in [-0.05, 0) is 19.1 Å². The normalized spacial score (nSPS) is 18.4. The fourth-order valence-electron chi connectivity index (χ4n) is 1.91. The van der Waals surface area contributed by atoms with Gasteiger partial charge in [-0.2, -0.15) is 4.79 Å². The van der Waals surface area contributed by atoms with Crippen molar-refractivity contribution in [2.24, 2.45) is 0 Å². The molecule has 80 valence electrons. The molecule has 1 aliphatic heterocycles. The first-order chi connectivity index (χ1) is 6.81. The van der Waals surface area contributed by atoms with Gasteiger partial charge in [0.05, 0.1) is 6.42 Å². The van der Waals surface area contributed by atoms with Crippen LogP contribution in [0.2, 0.25) is 0 Å². The Morgan fingerprint density at radius 2 is 1.94 bits per heavy atom. The molecule has 0 saturated carbocycles. The summed E-state index contributed by atoms with van der Waals surface area (Å²) in [7, 11) is 0. The van der Waals surface area contributed by atoms with E-state index in [4.69, 9.17) is 5.53 Å². The van der Waals surface area contributed by atoms with Crippen LogP contribution in [0.1, 0.15) is 13.3 Å². The number of hydrogen-bond donors (Lipinski definition) is 0. The third-order valence-corrected chi connectivity index (χ3v) is 2.65. The third kappa shape index (κ3) is 3.15.